The third-order valence-corrected chi connectivity index (χ3v) is 7.58. The second-order valence-corrected chi connectivity index (χ2v) is 10.4. The normalized spacial score (nSPS) is 17.2. The lowest BCUT2D eigenvalue weighted by atomic mass is 10.0. The molecule has 0 aliphatic carbocycles. The predicted molar refractivity (Wildman–Crippen MR) is 152 cm³/mol. The fourth-order valence-electron chi connectivity index (χ4n) is 5.15. The monoisotopic (exact) mass is 582 g/mol. The number of anilines is 1. The Bertz CT molecular complexity index is 1620. The number of phenols is 1. The zero-order valence-corrected chi connectivity index (χ0v) is 23.6. The fourth-order valence-corrected chi connectivity index (χ4v) is 5.44. The molecule has 12 heteroatoms. The SMILES string of the molecule is C=CC(=O)N1C[C@H](C)N(c2nc(OCCc3nccn3C)nc3c(F)c(-c4c(O)cccc4F)c(Cl)cc23)C[C@H]1C. The van der Waals surface area contributed by atoms with E-state index in [1.165, 1.54) is 24.3 Å². The number of rotatable bonds is 7. The van der Waals surface area contributed by atoms with E-state index >= 15 is 4.39 Å². The van der Waals surface area contributed by atoms with Crippen LogP contribution in [-0.4, -0.2) is 67.2 Å². The summed E-state index contributed by atoms with van der Waals surface area (Å²) in [6.07, 6.45) is 5.23. The zero-order valence-electron chi connectivity index (χ0n) is 22.8. The molecule has 3 heterocycles. The molecular weight excluding hydrogens is 554 g/mol. The topological polar surface area (TPSA) is 96.6 Å². The van der Waals surface area contributed by atoms with Crippen molar-refractivity contribution in [2.75, 3.05) is 24.6 Å². The summed E-state index contributed by atoms with van der Waals surface area (Å²) in [7, 11) is 1.87. The first-order valence-electron chi connectivity index (χ1n) is 13.1. The van der Waals surface area contributed by atoms with Crippen LogP contribution >= 0.6 is 11.6 Å². The van der Waals surface area contributed by atoms with Gasteiger partial charge >= 0.3 is 6.01 Å². The number of amides is 1. The lowest BCUT2D eigenvalue weighted by Crippen LogP contribution is -2.58. The van der Waals surface area contributed by atoms with E-state index in [0.717, 1.165) is 11.9 Å². The summed E-state index contributed by atoms with van der Waals surface area (Å²) in [5.74, 6) is -1.26. The molecule has 2 aromatic heterocycles. The van der Waals surface area contributed by atoms with Gasteiger partial charge in [0.05, 0.1) is 17.2 Å². The Labute approximate surface area is 240 Å². The minimum atomic E-state index is -0.924. The fraction of sp³-hybridized carbons (Fsp3) is 0.310. The summed E-state index contributed by atoms with van der Waals surface area (Å²) in [5.41, 5.74) is -0.831. The second kappa shape index (κ2) is 11.3. The van der Waals surface area contributed by atoms with Gasteiger partial charge in [0.25, 0.3) is 0 Å². The number of aromatic nitrogens is 4. The molecule has 0 saturated carbocycles. The predicted octanol–water partition coefficient (Wildman–Crippen LogP) is 4.90. The highest BCUT2D eigenvalue weighted by atomic mass is 35.5. The second-order valence-electron chi connectivity index (χ2n) is 10.0. The number of phenolic OH excluding ortho intramolecular Hbond substituents is 1. The van der Waals surface area contributed by atoms with Gasteiger partial charge < -0.3 is 24.2 Å². The number of fused-ring (bicyclic) bond motifs is 1. The molecule has 5 rings (SSSR count). The number of carbonyl (C=O) groups excluding carboxylic acids is 1. The van der Waals surface area contributed by atoms with Crippen LogP contribution in [-0.2, 0) is 18.3 Å². The first kappa shape index (κ1) is 28.3. The third kappa shape index (κ3) is 5.29. The highest BCUT2D eigenvalue weighted by Crippen LogP contribution is 2.43. The smallest absolute Gasteiger partial charge is 0.319 e. The Hall–Kier alpha value is -4.25. The van der Waals surface area contributed by atoms with Gasteiger partial charge in [-0.05, 0) is 38.1 Å². The molecule has 41 heavy (non-hydrogen) atoms. The van der Waals surface area contributed by atoms with Gasteiger partial charge in [0.1, 0.15) is 28.7 Å². The van der Waals surface area contributed by atoms with E-state index in [4.69, 9.17) is 16.3 Å². The molecule has 2 atom stereocenters. The molecule has 1 fully saturated rings. The van der Waals surface area contributed by atoms with Crippen LogP contribution in [0.1, 0.15) is 19.7 Å². The van der Waals surface area contributed by atoms with E-state index in [1.54, 1.807) is 11.1 Å². The van der Waals surface area contributed by atoms with Crippen molar-refractivity contribution < 1.29 is 23.4 Å². The maximum Gasteiger partial charge on any atom is 0.319 e. The van der Waals surface area contributed by atoms with Crippen LogP contribution in [0, 0.1) is 11.6 Å². The summed E-state index contributed by atoms with van der Waals surface area (Å²) in [6, 6.07) is 4.63. The van der Waals surface area contributed by atoms with Gasteiger partial charge in [-0.3, -0.25) is 4.79 Å². The van der Waals surface area contributed by atoms with Crippen molar-refractivity contribution in [2.45, 2.75) is 32.4 Å². The van der Waals surface area contributed by atoms with Crippen molar-refractivity contribution in [3.8, 4) is 22.9 Å². The first-order chi connectivity index (χ1) is 19.6. The van der Waals surface area contributed by atoms with E-state index in [0.29, 0.717) is 25.3 Å². The van der Waals surface area contributed by atoms with Gasteiger partial charge in [0, 0.05) is 62.0 Å². The number of hydrogen-bond donors (Lipinski definition) is 1. The van der Waals surface area contributed by atoms with Crippen molar-refractivity contribution in [3.63, 3.8) is 0 Å². The third-order valence-electron chi connectivity index (χ3n) is 7.28. The number of piperazine rings is 1. The Morgan fingerprint density at radius 2 is 2.00 bits per heavy atom. The van der Waals surface area contributed by atoms with Crippen molar-refractivity contribution in [3.05, 3.63) is 71.8 Å². The van der Waals surface area contributed by atoms with Gasteiger partial charge in [0.15, 0.2) is 5.82 Å². The molecule has 4 aromatic rings. The number of benzene rings is 2. The largest absolute Gasteiger partial charge is 0.507 e. The lowest BCUT2D eigenvalue weighted by molar-refractivity contribution is -0.128. The molecule has 1 amide bonds. The van der Waals surface area contributed by atoms with Crippen LogP contribution in [0.25, 0.3) is 22.0 Å². The zero-order chi connectivity index (χ0) is 29.4. The number of hydrogen-bond acceptors (Lipinski definition) is 7. The van der Waals surface area contributed by atoms with E-state index in [2.05, 4.69) is 21.5 Å². The number of carbonyl (C=O) groups is 1. The van der Waals surface area contributed by atoms with Crippen molar-refractivity contribution >= 4 is 34.2 Å². The highest BCUT2D eigenvalue weighted by molar-refractivity contribution is 6.34. The van der Waals surface area contributed by atoms with Crippen LogP contribution in [0.15, 0.2) is 49.3 Å². The number of halogens is 3. The molecule has 214 valence electrons. The van der Waals surface area contributed by atoms with Crippen molar-refractivity contribution in [1.29, 1.82) is 0 Å². The Morgan fingerprint density at radius 1 is 1.22 bits per heavy atom. The van der Waals surface area contributed by atoms with E-state index in [1.807, 2.05) is 36.6 Å². The molecule has 0 unspecified atom stereocenters. The van der Waals surface area contributed by atoms with Gasteiger partial charge in [-0.2, -0.15) is 9.97 Å². The standard InChI is InChI=1S/C29H29ClF2N6O3/c1-5-23(40)37-14-17(3)38(15-16(37)2)28-18-13-19(30)24(25-20(31)7-6-8-21(25)39)26(32)27(18)34-29(35-28)41-12-9-22-33-10-11-36(22)4/h5-8,10-11,13,16-17,39H,1,9,12,14-15H2,2-4H3/t16-,17+/m1/s1. The average Bonchev–Trinajstić information content (AvgIpc) is 3.35. The molecule has 1 aliphatic rings. The molecule has 0 spiro atoms. The van der Waals surface area contributed by atoms with E-state index < -0.39 is 17.4 Å². The molecular formula is C29H29ClF2N6O3. The van der Waals surface area contributed by atoms with Crippen LogP contribution in [0.4, 0.5) is 14.6 Å². The molecule has 2 aromatic carbocycles. The number of nitrogens with zero attached hydrogens (tertiary/aromatic N) is 6. The van der Waals surface area contributed by atoms with Crippen molar-refractivity contribution in [1.82, 2.24) is 24.4 Å². The van der Waals surface area contributed by atoms with Crippen LogP contribution in [0.3, 0.4) is 0 Å². The first-order valence-corrected chi connectivity index (χ1v) is 13.4. The van der Waals surface area contributed by atoms with E-state index in [9.17, 15) is 14.3 Å². The summed E-state index contributed by atoms with van der Waals surface area (Å²) in [5, 5.41) is 10.5. The van der Waals surface area contributed by atoms with Gasteiger partial charge in [-0.25, -0.2) is 13.8 Å². The Kier molecular flexibility index (Phi) is 7.81. The maximum absolute atomic E-state index is 16.3. The summed E-state index contributed by atoms with van der Waals surface area (Å²) >= 11 is 6.55. The molecule has 1 saturated heterocycles. The average molecular weight is 583 g/mol. The lowest BCUT2D eigenvalue weighted by Gasteiger charge is -2.44. The van der Waals surface area contributed by atoms with E-state index in [-0.39, 0.29) is 57.7 Å². The quantitative estimate of drug-likeness (QED) is 0.310. The van der Waals surface area contributed by atoms with Crippen molar-refractivity contribution in [2.24, 2.45) is 7.05 Å². The molecule has 0 radical (unpaired) electrons. The number of aromatic hydroxyl groups is 1. The molecule has 1 aliphatic heterocycles. The minimum Gasteiger partial charge on any atom is -0.507 e. The van der Waals surface area contributed by atoms with Gasteiger partial charge in [0.2, 0.25) is 5.91 Å². The number of aryl methyl sites for hydroxylation is 1. The van der Waals surface area contributed by atoms with Gasteiger partial charge in [-0.15, -0.1) is 0 Å². The van der Waals surface area contributed by atoms with Crippen LogP contribution in [0.5, 0.6) is 11.8 Å². The van der Waals surface area contributed by atoms with Crippen LogP contribution < -0.4 is 9.64 Å². The number of imidazole rings is 1. The summed E-state index contributed by atoms with van der Waals surface area (Å²) in [6.45, 7) is 8.35. The summed E-state index contributed by atoms with van der Waals surface area (Å²) in [4.78, 5) is 29.4. The van der Waals surface area contributed by atoms with Crippen LogP contribution in [0.2, 0.25) is 5.02 Å². The Balaban J connectivity index is 1.63. The molecule has 9 nitrogen and oxygen atoms in total. The highest BCUT2D eigenvalue weighted by Gasteiger charge is 2.34. The number of ether oxygens (including phenoxy) is 1. The summed E-state index contributed by atoms with van der Waals surface area (Å²) < 4.78 is 38.8. The Morgan fingerprint density at radius 3 is 2.68 bits per heavy atom. The maximum atomic E-state index is 16.3. The minimum absolute atomic E-state index is 0.0870. The molecule has 0 bridgehead atoms. The van der Waals surface area contributed by atoms with Gasteiger partial charge in [-0.1, -0.05) is 24.2 Å². The molecule has 1 N–H and O–H groups in total.